The number of pyridine rings is 1. The Labute approximate surface area is 174 Å². The first-order valence-electron chi connectivity index (χ1n) is 10.9. The minimum atomic E-state index is 0.0883. The molecule has 0 bridgehead atoms. The van der Waals surface area contributed by atoms with Crippen molar-refractivity contribution in [1.29, 1.82) is 0 Å². The quantitative estimate of drug-likeness (QED) is 0.838. The lowest BCUT2D eigenvalue weighted by molar-refractivity contribution is 0.0746. The standard InChI is InChI=1S/C24H32N4O/c1-18-7-6-10-23(19(18)2)27-11-13-28(14-12-27)24(29)20-15-22(17-25-16-20)26-21-8-4-3-5-9-21/h6-7,10,15-17,21,26H,3-5,8-9,11-14H2,1-2H3. The van der Waals surface area contributed by atoms with E-state index in [1.54, 1.807) is 6.20 Å². The number of carbonyl (C=O) groups is 1. The molecule has 1 saturated carbocycles. The Hall–Kier alpha value is -2.56. The first-order chi connectivity index (χ1) is 14.1. The summed E-state index contributed by atoms with van der Waals surface area (Å²) in [6, 6.07) is 8.94. The molecule has 4 rings (SSSR count). The number of piperazine rings is 1. The molecule has 2 aromatic rings. The molecule has 1 aliphatic heterocycles. The van der Waals surface area contributed by atoms with Crippen LogP contribution in [0.4, 0.5) is 11.4 Å². The van der Waals surface area contributed by atoms with E-state index in [4.69, 9.17) is 0 Å². The zero-order valence-corrected chi connectivity index (χ0v) is 17.7. The van der Waals surface area contributed by atoms with Crippen molar-refractivity contribution in [2.45, 2.75) is 52.0 Å². The third-order valence-electron chi connectivity index (χ3n) is 6.44. The maximum absolute atomic E-state index is 13.0. The zero-order valence-electron chi connectivity index (χ0n) is 17.7. The molecule has 29 heavy (non-hydrogen) atoms. The fraction of sp³-hybridized carbons (Fsp3) is 0.500. The fourth-order valence-electron chi connectivity index (χ4n) is 4.53. The molecule has 1 aromatic carbocycles. The molecule has 0 radical (unpaired) electrons. The van der Waals surface area contributed by atoms with Crippen LogP contribution < -0.4 is 10.2 Å². The van der Waals surface area contributed by atoms with E-state index in [9.17, 15) is 4.79 Å². The molecule has 2 aliphatic rings. The molecule has 5 nitrogen and oxygen atoms in total. The minimum absolute atomic E-state index is 0.0883. The van der Waals surface area contributed by atoms with Crippen molar-refractivity contribution in [1.82, 2.24) is 9.88 Å². The van der Waals surface area contributed by atoms with Crippen LogP contribution in [0.5, 0.6) is 0 Å². The molecule has 5 heteroatoms. The normalized spacial score (nSPS) is 18.0. The van der Waals surface area contributed by atoms with Crippen LogP contribution in [0.1, 0.15) is 53.6 Å². The van der Waals surface area contributed by atoms with E-state index in [2.05, 4.69) is 47.2 Å². The summed E-state index contributed by atoms with van der Waals surface area (Å²) in [5, 5.41) is 3.58. The third-order valence-corrected chi connectivity index (χ3v) is 6.44. The van der Waals surface area contributed by atoms with Crippen LogP contribution in [0.25, 0.3) is 0 Å². The summed E-state index contributed by atoms with van der Waals surface area (Å²) in [6.45, 7) is 7.55. The Bertz CT molecular complexity index is 852. The van der Waals surface area contributed by atoms with Gasteiger partial charge in [0.05, 0.1) is 11.3 Å². The molecule has 1 saturated heterocycles. The molecule has 0 spiro atoms. The van der Waals surface area contributed by atoms with E-state index < -0.39 is 0 Å². The summed E-state index contributed by atoms with van der Waals surface area (Å²) in [4.78, 5) is 21.7. The predicted octanol–water partition coefficient (Wildman–Crippen LogP) is 4.41. The van der Waals surface area contributed by atoms with Crippen molar-refractivity contribution < 1.29 is 4.79 Å². The average Bonchev–Trinajstić information content (AvgIpc) is 2.76. The van der Waals surface area contributed by atoms with Crippen molar-refractivity contribution in [3.63, 3.8) is 0 Å². The van der Waals surface area contributed by atoms with Crippen molar-refractivity contribution in [3.05, 3.63) is 53.3 Å². The molecule has 2 fully saturated rings. The Morgan fingerprint density at radius 1 is 1.03 bits per heavy atom. The number of amides is 1. The zero-order chi connectivity index (χ0) is 20.2. The van der Waals surface area contributed by atoms with Gasteiger partial charge in [0.1, 0.15) is 0 Å². The molecule has 1 N–H and O–H groups in total. The topological polar surface area (TPSA) is 48.5 Å². The summed E-state index contributed by atoms with van der Waals surface area (Å²) in [5.41, 5.74) is 5.59. The van der Waals surface area contributed by atoms with Crippen molar-refractivity contribution >= 4 is 17.3 Å². The highest BCUT2D eigenvalue weighted by molar-refractivity contribution is 5.95. The van der Waals surface area contributed by atoms with Crippen LogP contribution in [0.2, 0.25) is 0 Å². The first-order valence-corrected chi connectivity index (χ1v) is 10.9. The number of nitrogens with zero attached hydrogens (tertiary/aromatic N) is 3. The summed E-state index contributed by atoms with van der Waals surface area (Å²) < 4.78 is 0. The predicted molar refractivity (Wildman–Crippen MR) is 119 cm³/mol. The Morgan fingerprint density at radius 3 is 2.55 bits per heavy atom. The molecule has 0 unspecified atom stereocenters. The molecular weight excluding hydrogens is 360 g/mol. The fourth-order valence-corrected chi connectivity index (χ4v) is 4.53. The van der Waals surface area contributed by atoms with Crippen LogP contribution in [0.15, 0.2) is 36.7 Å². The van der Waals surface area contributed by atoms with Gasteiger partial charge in [0.15, 0.2) is 0 Å². The second-order valence-electron chi connectivity index (χ2n) is 8.44. The number of hydrogen-bond donors (Lipinski definition) is 1. The van der Waals surface area contributed by atoms with Gasteiger partial charge in [0.25, 0.3) is 5.91 Å². The molecule has 1 aromatic heterocycles. The molecule has 1 aliphatic carbocycles. The summed E-state index contributed by atoms with van der Waals surface area (Å²) in [7, 11) is 0. The average molecular weight is 393 g/mol. The minimum Gasteiger partial charge on any atom is -0.381 e. The van der Waals surface area contributed by atoms with E-state index in [1.807, 2.05) is 17.2 Å². The van der Waals surface area contributed by atoms with Gasteiger partial charge in [-0.1, -0.05) is 31.4 Å². The van der Waals surface area contributed by atoms with E-state index in [0.29, 0.717) is 11.6 Å². The molecular formula is C24H32N4O. The van der Waals surface area contributed by atoms with Crippen LogP contribution in [0.3, 0.4) is 0 Å². The highest BCUT2D eigenvalue weighted by Gasteiger charge is 2.24. The van der Waals surface area contributed by atoms with E-state index >= 15 is 0 Å². The lowest BCUT2D eigenvalue weighted by Crippen LogP contribution is -2.49. The largest absolute Gasteiger partial charge is 0.381 e. The van der Waals surface area contributed by atoms with Gasteiger partial charge in [0.2, 0.25) is 0 Å². The number of carbonyl (C=O) groups excluding carboxylic acids is 1. The number of rotatable bonds is 4. The number of anilines is 2. The summed E-state index contributed by atoms with van der Waals surface area (Å²) >= 11 is 0. The SMILES string of the molecule is Cc1cccc(N2CCN(C(=O)c3cncc(NC4CCCCC4)c3)CC2)c1C. The maximum Gasteiger partial charge on any atom is 0.255 e. The van der Waals surface area contributed by atoms with Gasteiger partial charge in [0, 0.05) is 50.3 Å². The van der Waals surface area contributed by atoms with Crippen LogP contribution in [-0.4, -0.2) is 48.0 Å². The van der Waals surface area contributed by atoms with Crippen molar-refractivity contribution in [2.75, 3.05) is 36.4 Å². The van der Waals surface area contributed by atoms with Crippen molar-refractivity contribution in [2.24, 2.45) is 0 Å². The van der Waals surface area contributed by atoms with Gasteiger partial charge in [-0.25, -0.2) is 0 Å². The van der Waals surface area contributed by atoms with Gasteiger partial charge < -0.3 is 15.1 Å². The van der Waals surface area contributed by atoms with Crippen molar-refractivity contribution in [3.8, 4) is 0 Å². The van der Waals surface area contributed by atoms with E-state index in [1.165, 1.54) is 48.9 Å². The van der Waals surface area contributed by atoms with E-state index in [-0.39, 0.29) is 5.91 Å². The van der Waals surface area contributed by atoms with Gasteiger partial charge in [-0.05, 0) is 49.9 Å². The van der Waals surface area contributed by atoms with Gasteiger partial charge >= 0.3 is 0 Å². The molecule has 2 heterocycles. The second-order valence-corrected chi connectivity index (χ2v) is 8.44. The monoisotopic (exact) mass is 392 g/mol. The number of benzene rings is 1. The Kier molecular flexibility index (Phi) is 6.02. The maximum atomic E-state index is 13.0. The summed E-state index contributed by atoms with van der Waals surface area (Å²) in [5.74, 6) is 0.0883. The first kappa shape index (κ1) is 19.7. The highest BCUT2D eigenvalue weighted by Crippen LogP contribution is 2.25. The van der Waals surface area contributed by atoms with Gasteiger partial charge in [-0.3, -0.25) is 9.78 Å². The van der Waals surface area contributed by atoms with Crippen LogP contribution in [0, 0.1) is 13.8 Å². The smallest absolute Gasteiger partial charge is 0.255 e. The Morgan fingerprint density at radius 2 is 1.79 bits per heavy atom. The van der Waals surface area contributed by atoms with E-state index in [0.717, 1.165) is 31.9 Å². The second kappa shape index (κ2) is 8.85. The highest BCUT2D eigenvalue weighted by atomic mass is 16.2. The molecule has 1 amide bonds. The van der Waals surface area contributed by atoms with Gasteiger partial charge in [-0.2, -0.15) is 0 Å². The summed E-state index contributed by atoms with van der Waals surface area (Å²) in [6.07, 6.45) is 9.86. The number of aromatic nitrogens is 1. The van der Waals surface area contributed by atoms with Crippen LogP contribution in [-0.2, 0) is 0 Å². The number of aryl methyl sites for hydroxylation is 1. The lowest BCUT2D eigenvalue weighted by Gasteiger charge is -2.37. The third kappa shape index (κ3) is 4.55. The lowest BCUT2D eigenvalue weighted by atomic mass is 9.95. The Balaban J connectivity index is 1.38. The molecule has 154 valence electrons. The van der Waals surface area contributed by atoms with Crippen LogP contribution >= 0.6 is 0 Å². The molecule has 0 atom stereocenters. The number of hydrogen-bond acceptors (Lipinski definition) is 4. The van der Waals surface area contributed by atoms with Gasteiger partial charge in [-0.15, -0.1) is 0 Å². The number of nitrogens with one attached hydrogen (secondary N) is 1.